The lowest BCUT2D eigenvalue weighted by Gasteiger charge is -2.07. The van der Waals surface area contributed by atoms with Crippen LogP contribution in [0.4, 0.5) is 4.39 Å². The second-order valence-electron chi connectivity index (χ2n) is 4.08. The highest BCUT2D eigenvalue weighted by atomic mass is 32.2. The van der Waals surface area contributed by atoms with Crippen molar-refractivity contribution in [2.45, 2.75) is 24.3 Å². The highest BCUT2D eigenvalue weighted by Crippen LogP contribution is 2.27. The maximum absolute atomic E-state index is 13.5. The fraction of sp³-hybridized carbons (Fsp3) is 0.429. The van der Waals surface area contributed by atoms with Crippen molar-refractivity contribution in [3.05, 3.63) is 42.5 Å². The van der Waals surface area contributed by atoms with Gasteiger partial charge in [-0.05, 0) is 30.7 Å². The standard InChI is InChI=1S/C14H17FOS/c15-12(8-9-14-7-4-10-17-14)11-16-13-5-2-1-3-6-13/h1-3,5-6,8-9,12,14H,4,7,10-11H2/b9-8+. The number of halogens is 1. The smallest absolute Gasteiger partial charge is 0.152 e. The van der Waals surface area contributed by atoms with Gasteiger partial charge in [0.2, 0.25) is 0 Å². The van der Waals surface area contributed by atoms with E-state index >= 15 is 0 Å². The Hall–Kier alpha value is -0.960. The van der Waals surface area contributed by atoms with E-state index in [0.29, 0.717) is 5.25 Å². The minimum atomic E-state index is -1.02. The summed E-state index contributed by atoms with van der Waals surface area (Å²) in [5.74, 6) is 1.92. The summed E-state index contributed by atoms with van der Waals surface area (Å²) in [7, 11) is 0. The first-order valence-corrected chi connectivity index (χ1v) is 7.01. The fourth-order valence-electron chi connectivity index (χ4n) is 1.75. The molecule has 1 aromatic rings. The van der Waals surface area contributed by atoms with Gasteiger partial charge in [-0.1, -0.05) is 30.4 Å². The van der Waals surface area contributed by atoms with E-state index in [1.807, 2.05) is 48.2 Å². The Bertz CT molecular complexity index is 346. The molecule has 1 aliphatic rings. The third kappa shape index (κ3) is 4.43. The van der Waals surface area contributed by atoms with E-state index < -0.39 is 6.17 Å². The van der Waals surface area contributed by atoms with Crippen molar-refractivity contribution in [1.29, 1.82) is 0 Å². The van der Waals surface area contributed by atoms with Gasteiger partial charge in [0.15, 0.2) is 6.17 Å². The van der Waals surface area contributed by atoms with E-state index in [1.54, 1.807) is 6.08 Å². The van der Waals surface area contributed by atoms with E-state index in [0.717, 1.165) is 5.75 Å². The molecule has 0 spiro atoms. The number of benzene rings is 1. The van der Waals surface area contributed by atoms with Crippen molar-refractivity contribution in [2.24, 2.45) is 0 Å². The quantitative estimate of drug-likeness (QED) is 0.736. The highest BCUT2D eigenvalue weighted by molar-refractivity contribution is 8.00. The summed E-state index contributed by atoms with van der Waals surface area (Å²) in [5.41, 5.74) is 0. The molecule has 0 amide bonds. The largest absolute Gasteiger partial charge is 0.490 e. The Morgan fingerprint density at radius 1 is 1.41 bits per heavy atom. The van der Waals surface area contributed by atoms with Crippen LogP contribution in [0.15, 0.2) is 42.5 Å². The molecule has 92 valence electrons. The summed E-state index contributed by atoms with van der Waals surface area (Å²) in [4.78, 5) is 0. The number of hydrogen-bond donors (Lipinski definition) is 0. The first-order valence-electron chi connectivity index (χ1n) is 5.96. The topological polar surface area (TPSA) is 9.23 Å². The predicted octanol–water partition coefficient (Wildman–Crippen LogP) is 3.86. The maximum Gasteiger partial charge on any atom is 0.152 e. The van der Waals surface area contributed by atoms with Crippen LogP contribution in [0.5, 0.6) is 5.75 Å². The van der Waals surface area contributed by atoms with Crippen LogP contribution in [0, 0.1) is 0 Å². The molecule has 0 radical (unpaired) electrons. The molecule has 1 fully saturated rings. The van der Waals surface area contributed by atoms with E-state index in [2.05, 4.69) is 0 Å². The molecule has 2 rings (SSSR count). The Kier molecular flexibility index (Phi) is 4.92. The second kappa shape index (κ2) is 6.70. The zero-order valence-corrected chi connectivity index (χ0v) is 10.5. The van der Waals surface area contributed by atoms with Crippen molar-refractivity contribution in [1.82, 2.24) is 0 Å². The number of hydrogen-bond acceptors (Lipinski definition) is 2. The van der Waals surface area contributed by atoms with Crippen LogP contribution in [0.1, 0.15) is 12.8 Å². The molecule has 17 heavy (non-hydrogen) atoms. The van der Waals surface area contributed by atoms with Crippen LogP contribution in [-0.4, -0.2) is 23.8 Å². The molecular weight excluding hydrogens is 235 g/mol. The monoisotopic (exact) mass is 252 g/mol. The summed E-state index contributed by atoms with van der Waals surface area (Å²) in [6, 6.07) is 9.35. The molecule has 1 saturated heterocycles. The molecule has 0 aliphatic carbocycles. The average molecular weight is 252 g/mol. The average Bonchev–Trinajstić information content (AvgIpc) is 2.88. The van der Waals surface area contributed by atoms with Crippen LogP contribution in [0.2, 0.25) is 0 Å². The van der Waals surface area contributed by atoms with E-state index in [9.17, 15) is 4.39 Å². The Morgan fingerprint density at radius 3 is 2.94 bits per heavy atom. The third-order valence-corrected chi connectivity index (χ3v) is 4.00. The van der Waals surface area contributed by atoms with Crippen molar-refractivity contribution >= 4 is 11.8 Å². The van der Waals surface area contributed by atoms with Gasteiger partial charge in [0, 0.05) is 5.25 Å². The summed E-state index contributed by atoms with van der Waals surface area (Å²) >= 11 is 1.90. The molecule has 0 bridgehead atoms. The van der Waals surface area contributed by atoms with Crippen LogP contribution >= 0.6 is 11.8 Å². The lowest BCUT2D eigenvalue weighted by Crippen LogP contribution is -2.10. The first kappa shape index (κ1) is 12.5. The molecule has 1 nitrogen and oxygen atoms in total. The lowest BCUT2D eigenvalue weighted by atomic mass is 10.2. The first-order chi connectivity index (χ1) is 8.34. The minimum Gasteiger partial charge on any atom is -0.490 e. The number of thioether (sulfide) groups is 1. The van der Waals surface area contributed by atoms with Gasteiger partial charge < -0.3 is 4.74 Å². The molecule has 2 atom stereocenters. The Morgan fingerprint density at radius 2 is 2.24 bits per heavy atom. The molecule has 0 aromatic heterocycles. The molecular formula is C14H17FOS. The highest BCUT2D eigenvalue weighted by Gasteiger charge is 2.12. The molecule has 1 aromatic carbocycles. The van der Waals surface area contributed by atoms with Gasteiger partial charge in [0.05, 0.1) is 0 Å². The summed E-state index contributed by atoms with van der Waals surface area (Å²) in [6.07, 6.45) is 5.02. The normalized spacial score (nSPS) is 21.8. The zero-order chi connectivity index (χ0) is 11.9. The summed E-state index contributed by atoms with van der Waals surface area (Å²) in [5, 5.41) is 0.505. The predicted molar refractivity (Wildman–Crippen MR) is 71.5 cm³/mol. The molecule has 1 heterocycles. The maximum atomic E-state index is 13.5. The summed E-state index contributed by atoms with van der Waals surface area (Å²) < 4.78 is 18.9. The van der Waals surface area contributed by atoms with Crippen molar-refractivity contribution in [2.75, 3.05) is 12.4 Å². The zero-order valence-electron chi connectivity index (χ0n) is 9.72. The van der Waals surface area contributed by atoms with Gasteiger partial charge in [0.25, 0.3) is 0 Å². The van der Waals surface area contributed by atoms with Gasteiger partial charge in [-0.25, -0.2) is 4.39 Å². The number of para-hydroxylation sites is 1. The van der Waals surface area contributed by atoms with Crippen LogP contribution < -0.4 is 4.74 Å². The van der Waals surface area contributed by atoms with E-state index in [-0.39, 0.29) is 6.61 Å². The molecule has 1 aliphatic heterocycles. The van der Waals surface area contributed by atoms with Crippen molar-refractivity contribution in [3.8, 4) is 5.75 Å². The second-order valence-corrected chi connectivity index (χ2v) is 5.42. The van der Waals surface area contributed by atoms with Crippen LogP contribution in [0.25, 0.3) is 0 Å². The number of alkyl halides is 1. The summed E-state index contributed by atoms with van der Waals surface area (Å²) in [6.45, 7) is 0.0951. The van der Waals surface area contributed by atoms with Gasteiger partial charge in [-0.3, -0.25) is 0 Å². The molecule has 0 N–H and O–H groups in total. The lowest BCUT2D eigenvalue weighted by molar-refractivity contribution is 0.228. The van der Waals surface area contributed by atoms with E-state index in [4.69, 9.17) is 4.74 Å². The van der Waals surface area contributed by atoms with Crippen molar-refractivity contribution in [3.63, 3.8) is 0 Å². The SMILES string of the molecule is FC(/C=C/C1CCCS1)COc1ccccc1. The van der Waals surface area contributed by atoms with Gasteiger partial charge in [-0.15, -0.1) is 0 Å². The van der Waals surface area contributed by atoms with Crippen molar-refractivity contribution < 1.29 is 9.13 Å². The molecule has 0 saturated carbocycles. The Balaban J connectivity index is 1.71. The Labute approximate surface area is 106 Å². The number of rotatable bonds is 5. The molecule has 2 unspecified atom stereocenters. The fourth-order valence-corrected chi connectivity index (χ4v) is 2.92. The minimum absolute atomic E-state index is 0.0951. The van der Waals surface area contributed by atoms with Crippen LogP contribution in [-0.2, 0) is 0 Å². The van der Waals surface area contributed by atoms with E-state index in [1.165, 1.54) is 18.6 Å². The molecule has 3 heteroatoms. The van der Waals surface area contributed by atoms with Gasteiger partial charge in [0.1, 0.15) is 12.4 Å². The number of ether oxygens (including phenoxy) is 1. The van der Waals surface area contributed by atoms with Gasteiger partial charge >= 0.3 is 0 Å². The van der Waals surface area contributed by atoms with Crippen LogP contribution in [0.3, 0.4) is 0 Å². The van der Waals surface area contributed by atoms with Gasteiger partial charge in [-0.2, -0.15) is 11.8 Å². The third-order valence-electron chi connectivity index (χ3n) is 2.65.